The molecule has 0 saturated heterocycles. The first kappa shape index (κ1) is 12.5. The Morgan fingerprint density at radius 3 is 2.58 bits per heavy atom. The van der Waals surface area contributed by atoms with Crippen LogP contribution >= 0.6 is 22.6 Å². The van der Waals surface area contributed by atoms with Crippen LogP contribution < -0.4 is 4.74 Å². The van der Waals surface area contributed by atoms with Crippen molar-refractivity contribution in [2.45, 2.75) is 13.5 Å². The minimum Gasteiger partial charge on any atom is -0.496 e. The van der Waals surface area contributed by atoms with E-state index < -0.39 is 0 Å². The number of aromatic nitrogens is 2. The topological polar surface area (TPSA) is 47.4 Å². The molecule has 2 heterocycles. The Morgan fingerprint density at radius 1 is 1.16 bits per heavy atom. The zero-order chi connectivity index (χ0) is 13.4. The molecular formula is C14H12IN3O. The molecule has 19 heavy (non-hydrogen) atoms. The molecule has 0 bridgehead atoms. The highest BCUT2D eigenvalue weighted by molar-refractivity contribution is 14.1. The van der Waals surface area contributed by atoms with E-state index in [0.717, 1.165) is 33.0 Å². The van der Waals surface area contributed by atoms with E-state index in [1.54, 1.807) is 7.11 Å². The van der Waals surface area contributed by atoms with Crippen molar-refractivity contribution in [1.29, 1.82) is 0 Å². The molecule has 5 heteroatoms. The van der Waals surface area contributed by atoms with Crippen molar-refractivity contribution in [2.24, 2.45) is 4.99 Å². The van der Waals surface area contributed by atoms with Gasteiger partial charge in [-0.2, -0.15) is 0 Å². The fourth-order valence-corrected chi connectivity index (χ4v) is 2.78. The second-order valence-electron chi connectivity index (χ2n) is 4.34. The second kappa shape index (κ2) is 4.88. The summed E-state index contributed by atoms with van der Waals surface area (Å²) in [5.41, 5.74) is 4.35. The summed E-state index contributed by atoms with van der Waals surface area (Å²) in [6.45, 7) is 2.61. The average Bonchev–Trinajstić information content (AvgIpc) is 2.79. The van der Waals surface area contributed by atoms with Crippen LogP contribution in [0, 0.1) is 6.92 Å². The Hall–Kier alpha value is -1.50. The van der Waals surface area contributed by atoms with E-state index in [0.29, 0.717) is 0 Å². The molecule has 0 radical (unpaired) electrons. The number of nitrogens with zero attached hydrogens (tertiary/aromatic N) is 3. The lowest BCUT2D eigenvalue weighted by atomic mass is 10.0. The summed E-state index contributed by atoms with van der Waals surface area (Å²) in [7, 11) is 1.68. The van der Waals surface area contributed by atoms with Crippen molar-refractivity contribution in [3.63, 3.8) is 0 Å². The van der Waals surface area contributed by atoms with Gasteiger partial charge in [0, 0.05) is 29.1 Å². The van der Waals surface area contributed by atoms with Gasteiger partial charge in [0.1, 0.15) is 15.3 Å². The zero-order valence-electron chi connectivity index (χ0n) is 10.6. The van der Waals surface area contributed by atoms with Gasteiger partial charge in [-0.05, 0) is 47.2 Å². The van der Waals surface area contributed by atoms with E-state index >= 15 is 0 Å². The number of ether oxygens (including phenoxy) is 1. The molecule has 96 valence electrons. The summed E-state index contributed by atoms with van der Waals surface area (Å²) in [5.74, 6) is 1.60. The van der Waals surface area contributed by atoms with Crippen LogP contribution in [0.3, 0.4) is 0 Å². The Labute approximate surface area is 125 Å². The summed E-state index contributed by atoms with van der Waals surface area (Å²) in [6, 6.07) is 4.17. The minimum absolute atomic E-state index is 0.731. The molecule has 0 amide bonds. The molecule has 3 rings (SSSR count). The molecule has 2 aromatic rings. The standard InChI is InChI=1S/C14H12IN3O/c1-8-16-6-10(7-17-8)11-4-12-9(3-13(11)19-2)5-18-14(12)15/h3-4,6-7H,5H2,1-2H3. The van der Waals surface area contributed by atoms with Gasteiger partial charge >= 0.3 is 0 Å². The van der Waals surface area contributed by atoms with E-state index in [9.17, 15) is 0 Å². The van der Waals surface area contributed by atoms with Crippen LogP contribution in [-0.4, -0.2) is 20.8 Å². The highest BCUT2D eigenvalue weighted by Gasteiger charge is 2.18. The van der Waals surface area contributed by atoms with Crippen molar-refractivity contribution in [2.75, 3.05) is 7.11 Å². The number of methoxy groups -OCH3 is 1. The molecule has 0 spiro atoms. The zero-order valence-corrected chi connectivity index (χ0v) is 12.8. The Kier molecular flexibility index (Phi) is 3.22. The number of fused-ring (bicyclic) bond motifs is 1. The summed E-state index contributed by atoms with van der Waals surface area (Å²) in [5, 5.41) is 0. The second-order valence-corrected chi connectivity index (χ2v) is 5.36. The third-order valence-corrected chi connectivity index (χ3v) is 4.05. The summed E-state index contributed by atoms with van der Waals surface area (Å²) in [4.78, 5) is 12.9. The number of hydrogen-bond donors (Lipinski definition) is 0. The smallest absolute Gasteiger partial charge is 0.127 e. The Bertz CT molecular complexity index is 665. The van der Waals surface area contributed by atoms with Crippen LogP contribution in [0.25, 0.3) is 11.1 Å². The van der Waals surface area contributed by atoms with Crippen LogP contribution in [0.4, 0.5) is 0 Å². The normalized spacial score (nSPS) is 13.1. The maximum atomic E-state index is 5.48. The van der Waals surface area contributed by atoms with Crippen LogP contribution in [0.1, 0.15) is 17.0 Å². The lowest BCUT2D eigenvalue weighted by Crippen LogP contribution is -1.96. The van der Waals surface area contributed by atoms with Crippen molar-refractivity contribution >= 4 is 26.3 Å². The molecule has 0 unspecified atom stereocenters. The quantitative estimate of drug-likeness (QED) is 0.769. The molecule has 0 atom stereocenters. The molecular weight excluding hydrogens is 353 g/mol. The van der Waals surface area contributed by atoms with Gasteiger partial charge in [-0.3, -0.25) is 4.99 Å². The number of aryl methyl sites for hydroxylation is 1. The van der Waals surface area contributed by atoms with Gasteiger partial charge in [-0.1, -0.05) is 0 Å². The van der Waals surface area contributed by atoms with Gasteiger partial charge in [0.25, 0.3) is 0 Å². The van der Waals surface area contributed by atoms with Crippen molar-refractivity contribution < 1.29 is 4.74 Å². The SMILES string of the molecule is COc1cc2c(cc1-c1cnc(C)nc1)C(I)=NC2. The highest BCUT2D eigenvalue weighted by atomic mass is 127. The third-order valence-electron chi connectivity index (χ3n) is 3.13. The molecule has 0 saturated carbocycles. The number of rotatable bonds is 2. The van der Waals surface area contributed by atoms with E-state index in [4.69, 9.17) is 4.74 Å². The number of aliphatic imine (C=N–C) groups is 1. The molecule has 1 aliphatic rings. The van der Waals surface area contributed by atoms with Gasteiger partial charge in [-0.15, -0.1) is 0 Å². The molecule has 0 fully saturated rings. The molecule has 4 nitrogen and oxygen atoms in total. The highest BCUT2D eigenvalue weighted by Crippen LogP contribution is 2.35. The molecule has 0 aliphatic carbocycles. The van der Waals surface area contributed by atoms with E-state index in [-0.39, 0.29) is 0 Å². The lowest BCUT2D eigenvalue weighted by Gasteiger charge is -2.11. The summed E-state index contributed by atoms with van der Waals surface area (Å²) >= 11 is 2.27. The summed E-state index contributed by atoms with van der Waals surface area (Å²) < 4.78 is 6.53. The first-order valence-corrected chi connectivity index (χ1v) is 6.97. The van der Waals surface area contributed by atoms with E-state index in [2.05, 4.69) is 49.7 Å². The lowest BCUT2D eigenvalue weighted by molar-refractivity contribution is 0.416. The van der Waals surface area contributed by atoms with Crippen molar-refractivity contribution in [3.05, 3.63) is 41.5 Å². The van der Waals surface area contributed by atoms with Gasteiger partial charge < -0.3 is 4.74 Å². The maximum absolute atomic E-state index is 5.48. The fraction of sp³-hybridized carbons (Fsp3) is 0.214. The van der Waals surface area contributed by atoms with Crippen LogP contribution in [0.15, 0.2) is 29.5 Å². The minimum atomic E-state index is 0.731. The number of hydrogen-bond acceptors (Lipinski definition) is 4. The predicted molar refractivity (Wildman–Crippen MR) is 83.0 cm³/mol. The third kappa shape index (κ3) is 2.22. The maximum Gasteiger partial charge on any atom is 0.127 e. The largest absolute Gasteiger partial charge is 0.496 e. The first-order valence-electron chi connectivity index (χ1n) is 5.89. The number of halogens is 1. The number of benzene rings is 1. The van der Waals surface area contributed by atoms with Crippen LogP contribution in [0.5, 0.6) is 5.75 Å². The van der Waals surface area contributed by atoms with E-state index in [1.165, 1.54) is 11.1 Å². The van der Waals surface area contributed by atoms with Crippen LogP contribution in [-0.2, 0) is 6.54 Å². The Balaban J connectivity index is 2.17. The van der Waals surface area contributed by atoms with E-state index in [1.807, 2.05) is 19.3 Å². The summed E-state index contributed by atoms with van der Waals surface area (Å²) in [6.07, 6.45) is 3.65. The molecule has 1 aromatic heterocycles. The van der Waals surface area contributed by atoms with Gasteiger partial charge in [0.15, 0.2) is 0 Å². The van der Waals surface area contributed by atoms with Crippen molar-refractivity contribution in [1.82, 2.24) is 9.97 Å². The van der Waals surface area contributed by atoms with Gasteiger partial charge in [0.2, 0.25) is 0 Å². The van der Waals surface area contributed by atoms with Crippen LogP contribution in [0.2, 0.25) is 0 Å². The average molecular weight is 365 g/mol. The fourth-order valence-electron chi connectivity index (χ4n) is 2.11. The predicted octanol–water partition coefficient (Wildman–Crippen LogP) is 3.16. The van der Waals surface area contributed by atoms with Crippen molar-refractivity contribution in [3.8, 4) is 16.9 Å². The van der Waals surface area contributed by atoms with Gasteiger partial charge in [0.05, 0.1) is 13.7 Å². The molecule has 0 N–H and O–H groups in total. The molecule has 1 aliphatic heterocycles. The molecule has 1 aromatic carbocycles. The monoisotopic (exact) mass is 365 g/mol. The van der Waals surface area contributed by atoms with Gasteiger partial charge in [-0.25, -0.2) is 9.97 Å². The first-order chi connectivity index (χ1) is 9.19. The Morgan fingerprint density at radius 2 is 1.89 bits per heavy atom.